The minimum atomic E-state index is -1.02. The minimum absolute atomic E-state index is 0.145. The van der Waals surface area contributed by atoms with E-state index < -0.39 is 11.9 Å². The predicted octanol–water partition coefficient (Wildman–Crippen LogP) is 1.46. The number of aromatic nitrogens is 1. The molecule has 1 aromatic carbocycles. The molecular formula is C14H12N2O4. The van der Waals surface area contributed by atoms with Crippen LogP contribution in [0.2, 0.25) is 0 Å². The molecule has 20 heavy (non-hydrogen) atoms. The summed E-state index contributed by atoms with van der Waals surface area (Å²) in [5.41, 5.74) is 6.27. The second kappa shape index (κ2) is 5.83. The quantitative estimate of drug-likeness (QED) is 0.857. The normalized spacial score (nSPS) is 10.0. The van der Waals surface area contributed by atoms with Gasteiger partial charge in [0.05, 0.1) is 11.1 Å². The van der Waals surface area contributed by atoms with Crippen LogP contribution in [-0.2, 0) is 6.61 Å². The molecule has 0 unspecified atom stereocenters. The van der Waals surface area contributed by atoms with E-state index in [1.807, 2.05) is 0 Å². The Bertz CT molecular complexity index is 598. The Kier molecular flexibility index (Phi) is 3.95. The van der Waals surface area contributed by atoms with E-state index in [1.54, 1.807) is 24.4 Å². The van der Waals surface area contributed by atoms with E-state index in [4.69, 9.17) is 15.6 Å². The lowest BCUT2D eigenvalue weighted by Gasteiger charge is -2.07. The van der Waals surface area contributed by atoms with E-state index in [9.17, 15) is 9.59 Å². The molecule has 0 aliphatic heterocycles. The maximum Gasteiger partial charge on any atom is 0.335 e. The number of nitrogens with two attached hydrogens (primary N) is 1. The van der Waals surface area contributed by atoms with Crippen LogP contribution < -0.4 is 10.5 Å². The number of nitrogens with zero attached hydrogens (tertiary/aromatic N) is 1. The first-order valence-electron chi connectivity index (χ1n) is 5.76. The second-order valence-corrected chi connectivity index (χ2v) is 4.07. The van der Waals surface area contributed by atoms with Crippen molar-refractivity contribution in [3.8, 4) is 5.75 Å². The van der Waals surface area contributed by atoms with E-state index in [-0.39, 0.29) is 12.2 Å². The molecular weight excluding hydrogens is 260 g/mol. The highest BCUT2D eigenvalue weighted by Crippen LogP contribution is 2.15. The molecule has 2 rings (SSSR count). The van der Waals surface area contributed by atoms with Gasteiger partial charge in [-0.2, -0.15) is 0 Å². The molecule has 0 aliphatic carbocycles. The van der Waals surface area contributed by atoms with E-state index in [0.717, 1.165) is 0 Å². The molecule has 0 aliphatic rings. The number of hydrogen-bond acceptors (Lipinski definition) is 4. The summed E-state index contributed by atoms with van der Waals surface area (Å²) in [6.07, 6.45) is 2.92. The van der Waals surface area contributed by atoms with Gasteiger partial charge in [0.2, 0.25) is 5.91 Å². The van der Waals surface area contributed by atoms with Crippen molar-refractivity contribution in [1.29, 1.82) is 0 Å². The van der Waals surface area contributed by atoms with E-state index >= 15 is 0 Å². The van der Waals surface area contributed by atoms with Gasteiger partial charge in [-0.3, -0.25) is 9.78 Å². The van der Waals surface area contributed by atoms with Crippen LogP contribution >= 0.6 is 0 Å². The maximum atomic E-state index is 11.0. The molecule has 102 valence electrons. The van der Waals surface area contributed by atoms with E-state index in [1.165, 1.54) is 18.3 Å². The summed E-state index contributed by atoms with van der Waals surface area (Å²) in [5.74, 6) is -1.16. The topological polar surface area (TPSA) is 103 Å². The highest BCUT2D eigenvalue weighted by molar-refractivity contribution is 5.92. The monoisotopic (exact) mass is 272 g/mol. The Morgan fingerprint density at radius 2 is 2.00 bits per heavy atom. The predicted molar refractivity (Wildman–Crippen MR) is 70.5 cm³/mol. The standard InChI is InChI=1S/C14H12N2O4/c15-13(17)11-4-9(6-16-7-11)8-20-12-3-1-2-10(5-12)14(18)19/h1-7H,8H2,(H2,15,17)(H,18,19). The summed E-state index contributed by atoms with van der Waals surface area (Å²) in [5, 5.41) is 8.88. The van der Waals surface area contributed by atoms with Crippen LogP contribution in [-0.4, -0.2) is 22.0 Å². The van der Waals surface area contributed by atoms with Gasteiger partial charge in [0.1, 0.15) is 12.4 Å². The lowest BCUT2D eigenvalue weighted by Crippen LogP contribution is -2.12. The van der Waals surface area contributed by atoms with Crippen LogP contribution in [0.4, 0.5) is 0 Å². The second-order valence-electron chi connectivity index (χ2n) is 4.07. The van der Waals surface area contributed by atoms with Gasteiger partial charge in [-0.1, -0.05) is 6.07 Å². The fourth-order valence-electron chi connectivity index (χ4n) is 1.59. The van der Waals surface area contributed by atoms with Crippen molar-refractivity contribution in [2.75, 3.05) is 0 Å². The van der Waals surface area contributed by atoms with Gasteiger partial charge in [-0.25, -0.2) is 4.79 Å². The Balaban J connectivity index is 2.08. The molecule has 2 aromatic rings. The summed E-state index contributed by atoms with van der Waals surface area (Å²) >= 11 is 0. The van der Waals surface area contributed by atoms with Gasteiger partial charge < -0.3 is 15.6 Å². The first-order valence-corrected chi connectivity index (χ1v) is 5.76. The minimum Gasteiger partial charge on any atom is -0.489 e. The van der Waals surface area contributed by atoms with Gasteiger partial charge in [-0.05, 0) is 24.3 Å². The third kappa shape index (κ3) is 3.32. The number of carbonyl (C=O) groups excluding carboxylic acids is 1. The Labute approximate surface area is 114 Å². The Hall–Kier alpha value is -2.89. The van der Waals surface area contributed by atoms with Crippen molar-refractivity contribution in [1.82, 2.24) is 4.98 Å². The molecule has 0 atom stereocenters. The molecule has 6 heteroatoms. The fraction of sp³-hybridized carbons (Fsp3) is 0.0714. The summed E-state index contributed by atoms with van der Waals surface area (Å²) in [6, 6.07) is 7.73. The highest BCUT2D eigenvalue weighted by Gasteiger charge is 2.05. The Morgan fingerprint density at radius 1 is 1.20 bits per heavy atom. The summed E-state index contributed by atoms with van der Waals surface area (Å²) in [4.78, 5) is 25.7. The molecule has 1 amide bonds. The van der Waals surface area contributed by atoms with Crippen LogP contribution in [0, 0.1) is 0 Å². The molecule has 1 heterocycles. The average Bonchev–Trinajstić information content (AvgIpc) is 2.45. The summed E-state index contributed by atoms with van der Waals surface area (Å²) in [6.45, 7) is 0.164. The van der Waals surface area contributed by atoms with Gasteiger partial charge in [0.15, 0.2) is 0 Å². The van der Waals surface area contributed by atoms with Crippen molar-refractivity contribution >= 4 is 11.9 Å². The molecule has 0 saturated heterocycles. The molecule has 3 N–H and O–H groups in total. The van der Waals surface area contributed by atoms with Crippen LogP contribution in [0.1, 0.15) is 26.3 Å². The van der Waals surface area contributed by atoms with Gasteiger partial charge in [0, 0.05) is 18.0 Å². The van der Waals surface area contributed by atoms with Crippen LogP contribution in [0.5, 0.6) is 5.75 Å². The van der Waals surface area contributed by atoms with Gasteiger partial charge in [0.25, 0.3) is 0 Å². The van der Waals surface area contributed by atoms with Crippen LogP contribution in [0.3, 0.4) is 0 Å². The number of benzene rings is 1. The zero-order valence-electron chi connectivity index (χ0n) is 10.4. The lowest BCUT2D eigenvalue weighted by molar-refractivity contribution is 0.0696. The SMILES string of the molecule is NC(=O)c1cncc(COc2cccc(C(=O)O)c2)c1. The number of primary amides is 1. The number of amides is 1. The number of carboxylic acid groups (broad SMARTS) is 1. The van der Waals surface area contributed by atoms with Crippen molar-refractivity contribution in [3.05, 3.63) is 59.4 Å². The molecule has 0 saturated carbocycles. The molecule has 6 nitrogen and oxygen atoms in total. The number of ether oxygens (including phenoxy) is 1. The molecule has 1 aromatic heterocycles. The molecule has 0 bridgehead atoms. The number of carboxylic acids is 1. The number of rotatable bonds is 5. The third-order valence-electron chi connectivity index (χ3n) is 2.57. The van der Waals surface area contributed by atoms with Gasteiger partial charge in [-0.15, -0.1) is 0 Å². The third-order valence-corrected chi connectivity index (χ3v) is 2.57. The van der Waals surface area contributed by atoms with Crippen LogP contribution in [0.15, 0.2) is 42.7 Å². The Morgan fingerprint density at radius 3 is 2.70 bits per heavy atom. The molecule has 0 radical (unpaired) electrons. The van der Waals surface area contributed by atoms with Gasteiger partial charge >= 0.3 is 5.97 Å². The lowest BCUT2D eigenvalue weighted by atomic mass is 10.2. The first-order chi connectivity index (χ1) is 9.56. The zero-order valence-corrected chi connectivity index (χ0v) is 10.4. The maximum absolute atomic E-state index is 11.0. The number of hydrogen-bond donors (Lipinski definition) is 2. The smallest absolute Gasteiger partial charge is 0.335 e. The van der Waals surface area contributed by atoms with E-state index in [2.05, 4.69) is 4.98 Å². The highest BCUT2D eigenvalue weighted by atomic mass is 16.5. The molecule has 0 fully saturated rings. The first kappa shape index (κ1) is 13.5. The van der Waals surface area contributed by atoms with Crippen molar-refractivity contribution in [3.63, 3.8) is 0 Å². The number of carbonyl (C=O) groups is 2. The summed E-state index contributed by atoms with van der Waals surface area (Å²) in [7, 11) is 0. The average molecular weight is 272 g/mol. The number of aromatic carboxylic acids is 1. The summed E-state index contributed by atoms with van der Waals surface area (Å²) < 4.78 is 5.46. The fourth-order valence-corrected chi connectivity index (χ4v) is 1.59. The van der Waals surface area contributed by atoms with Crippen molar-refractivity contribution in [2.45, 2.75) is 6.61 Å². The van der Waals surface area contributed by atoms with Crippen molar-refractivity contribution in [2.24, 2.45) is 5.73 Å². The van der Waals surface area contributed by atoms with Crippen LogP contribution in [0.25, 0.3) is 0 Å². The zero-order chi connectivity index (χ0) is 14.5. The van der Waals surface area contributed by atoms with Crippen molar-refractivity contribution < 1.29 is 19.4 Å². The van der Waals surface area contributed by atoms with E-state index in [0.29, 0.717) is 16.9 Å². The largest absolute Gasteiger partial charge is 0.489 e. The number of pyridine rings is 1. The molecule has 0 spiro atoms.